The third-order valence-electron chi connectivity index (χ3n) is 5.09. The first-order chi connectivity index (χ1) is 17.4. The van der Waals surface area contributed by atoms with Crippen LogP contribution in [0.1, 0.15) is 0 Å². The molecule has 8 N–H and O–H groups in total. The van der Waals surface area contributed by atoms with Crippen LogP contribution in [0.2, 0.25) is 0 Å². The molecule has 0 aliphatic carbocycles. The molecule has 14 nitrogen and oxygen atoms in total. The number of aromatic nitrogens is 4. The van der Waals surface area contributed by atoms with Crippen molar-refractivity contribution in [3.05, 3.63) is 69.2 Å². The maximum Gasteiger partial charge on any atom is 0.260 e. The summed E-state index contributed by atoms with van der Waals surface area (Å²) in [5.41, 5.74) is 4.61. The first kappa shape index (κ1) is 24.6. The standard InChI is InChI=1S/C22H22N8O6/c31-10-16(32)18(34)17(33)15(28-30-22-25-14-8-4-2-6-12(14)20(36)27-22)9-23-29-21-24-13-7-3-1-5-11(13)19(35)26-21/h1-9,16-18,31-34H,10H2,(H2,24,26,29,35)(H2,25,27,30,36). The SMILES string of the molecule is O=c1[nH]c(NN=CC(=NNc2nc3ccccc3c(=O)[nH]2)C(O)C(O)C(O)CO)nc2ccccc12. The van der Waals surface area contributed by atoms with Gasteiger partial charge in [-0.3, -0.25) is 19.6 Å². The van der Waals surface area contributed by atoms with E-state index in [0.29, 0.717) is 21.8 Å². The van der Waals surface area contributed by atoms with Crippen LogP contribution in [-0.2, 0) is 0 Å². The molecule has 0 saturated carbocycles. The molecule has 2 aromatic heterocycles. The number of rotatable bonds is 9. The van der Waals surface area contributed by atoms with E-state index in [-0.39, 0.29) is 17.6 Å². The highest BCUT2D eigenvalue weighted by molar-refractivity contribution is 6.33. The number of aliphatic hydroxyl groups excluding tert-OH is 4. The van der Waals surface area contributed by atoms with Gasteiger partial charge < -0.3 is 20.4 Å². The van der Waals surface area contributed by atoms with E-state index >= 15 is 0 Å². The number of anilines is 2. The number of fused-ring (bicyclic) bond motifs is 2. The molecule has 2 aromatic carbocycles. The van der Waals surface area contributed by atoms with Gasteiger partial charge in [0, 0.05) is 0 Å². The molecule has 36 heavy (non-hydrogen) atoms. The van der Waals surface area contributed by atoms with Gasteiger partial charge in [0.25, 0.3) is 11.1 Å². The summed E-state index contributed by atoms with van der Waals surface area (Å²) < 4.78 is 0. The van der Waals surface area contributed by atoms with Crippen LogP contribution in [0.25, 0.3) is 21.8 Å². The van der Waals surface area contributed by atoms with Gasteiger partial charge in [0.15, 0.2) is 0 Å². The summed E-state index contributed by atoms with van der Waals surface area (Å²) in [4.78, 5) is 37.9. The Bertz CT molecular complexity index is 1550. The third kappa shape index (κ3) is 5.42. The van der Waals surface area contributed by atoms with Gasteiger partial charge in [-0.25, -0.2) is 20.8 Å². The fourth-order valence-electron chi connectivity index (χ4n) is 3.22. The van der Waals surface area contributed by atoms with Crippen LogP contribution in [0.15, 0.2) is 68.3 Å². The number of H-pyrrole nitrogens is 2. The van der Waals surface area contributed by atoms with E-state index in [9.17, 15) is 24.9 Å². The van der Waals surface area contributed by atoms with E-state index in [1.165, 1.54) is 0 Å². The molecule has 0 saturated heterocycles. The van der Waals surface area contributed by atoms with Crippen LogP contribution in [0, 0.1) is 0 Å². The Labute approximate surface area is 201 Å². The number of aromatic amines is 2. The van der Waals surface area contributed by atoms with Crippen molar-refractivity contribution in [2.24, 2.45) is 10.2 Å². The first-order valence-corrected chi connectivity index (χ1v) is 10.6. The molecule has 2 heterocycles. The average molecular weight is 494 g/mol. The summed E-state index contributed by atoms with van der Waals surface area (Å²) in [6, 6.07) is 13.3. The predicted molar refractivity (Wildman–Crippen MR) is 133 cm³/mol. The smallest absolute Gasteiger partial charge is 0.260 e. The van der Waals surface area contributed by atoms with Gasteiger partial charge in [0.2, 0.25) is 11.9 Å². The van der Waals surface area contributed by atoms with Gasteiger partial charge >= 0.3 is 0 Å². The predicted octanol–water partition coefficient (Wildman–Crippen LogP) is -0.900. The van der Waals surface area contributed by atoms with Crippen LogP contribution in [0.5, 0.6) is 0 Å². The van der Waals surface area contributed by atoms with Crippen molar-refractivity contribution in [2.45, 2.75) is 18.3 Å². The molecule has 0 bridgehead atoms. The molecule has 4 aromatic rings. The Balaban J connectivity index is 1.61. The normalized spacial score (nSPS) is 14.7. The third-order valence-corrected chi connectivity index (χ3v) is 5.09. The summed E-state index contributed by atoms with van der Waals surface area (Å²) in [5, 5.41) is 48.0. The summed E-state index contributed by atoms with van der Waals surface area (Å²) >= 11 is 0. The largest absolute Gasteiger partial charge is 0.394 e. The van der Waals surface area contributed by atoms with Gasteiger partial charge in [0.05, 0.1) is 34.6 Å². The summed E-state index contributed by atoms with van der Waals surface area (Å²) in [5.74, 6) is -0.0734. The van der Waals surface area contributed by atoms with Crippen molar-refractivity contribution in [1.29, 1.82) is 0 Å². The second-order valence-corrected chi connectivity index (χ2v) is 7.57. The van der Waals surface area contributed by atoms with E-state index in [0.717, 1.165) is 6.21 Å². The monoisotopic (exact) mass is 494 g/mol. The van der Waals surface area contributed by atoms with Crippen LogP contribution < -0.4 is 22.0 Å². The van der Waals surface area contributed by atoms with E-state index in [2.05, 4.69) is 41.0 Å². The number of hydrazone groups is 2. The quantitative estimate of drug-likeness (QED) is 0.106. The Kier molecular flexibility index (Phi) is 7.41. The molecule has 0 amide bonds. The molecule has 14 heteroatoms. The van der Waals surface area contributed by atoms with Crippen molar-refractivity contribution in [3.8, 4) is 0 Å². The van der Waals surface area contributed by atoms with Crippen molar-refractivity contribution >= 4 is 45.6 Å². The molecule has 0 aliphatic heterocycles. The molecule has 3 unspecified atom stereocenters. The summed E-state index contributed by atoms with van der Waals surface area (Å²) in [6.07, 6.45) is -4.34. The average Bonchev–Trinajstić information content (AvgIpc) is 2.89. The Morgan fingerprint density at radius 3 is 1.97 bits per heavy atom. The summed E-state index contributed by atoms with van der Waals surface area (Å²) in [6.45, 7) is -0.823. The zero-order valence-electron chi connectivity index (χ0n) is 18.5. The van der Waals surface area contributed by atoms with Crippen LogP contribution >= 0.6 is 0 Å². The van der Waals surface area contributed by atoms with Crippen LogP contribution in [0.4, 0.5) is 11.9 Å². The fourth-order valence-corrected chi connectivity index (χ4v) is 3.22. The number of aliphatic hydroxyl groups is 4. The van der Waals surface area contributed by atoms with Crippen molar-refractivity contribution < 1.29 is 20.4 Å². The van der Waals surface area contributed by atoms with Crippen molar-refractivity contribution in [2.75, 3.05) is 17.5 Å². The topological polar surface area (TPSA) is 221 Å². The van der Waals surface area contributed by atoms with Gasteiger partial charge in [-0.1, -0.05) is 24.3 Å². The van der Waals surface area contributed by atoms with Crippen LogP contribution in [0.3, 0.4) is 0 Å². The second kappa shape index (κ2) is 10.8. The molecule has 0 fully saturated rings. The van der Waals surface area contributed by atoms with E-state index < -0.39 is 36.0 Å². The molecule has 0 aliphatic rings. The Morgan fingerprint density at radius 1 is 0.889 bits per heavy atom. The Morgan fingerprint density at radius 2 is 1.42 bits per heavy atom. The van der Waals surface area contributed by atoms with Crippen molar-refractivity contribution in [1.82, 2.24) is 19.9 Å². The van der Waals surface area contributed by atoms with Gasteiger partial charge in [0.1, 0.15) is 24.0 Å². The highest BCUT2D eigenvalue weighted by Crippen LogP contribution is 2.10. The Hall–Kier alpha value is -4.50. The number of hydrogen-bond acceptors (Lipinski definition) is 12. The van der Waals surface area contributed by atoms with Gasteiger partial charge in [-0.05, 0) is 24.3 Å². The maximum absolute atomic E-state index is 12.3. The molecule has 3 atom stereocenters. The van der Waals surface area contributed by atoms with E-state index in [4.69, 9.17) is 5.11 Å². The second-order valence-electron chi connectivity index (χ2n) is 7.57. The highest BCUT2D eigenvalue weighted by Gasteiger charge is 2.28. The summed E-state index contributed by atoms with van der Waals surface area (Å²) in [7, 11) is 0. The lowest BCUT2D eigenvalue weighted by atomic mass is 10.0. The molecule has 4 rings (SSSR count). The highest BCUT2D eigenvalue weighted by atomic mass is 16.4. The maximum atomic E-state index is 12.3. The molecular weight excluding hydrogens is 472 g/mol. The molecule has 186 valence electrons. The van der Waals surface area contributed by atoms with Crippen LogP contribution in [-0.4, -0.2) is 77.2 Å². The lowest BCUT2D eigenvalue weighted by Crippen LogP contribution is -2.44. The number of nitrogens with one attached hydrogen (secondary N) is 4. The van der Waals surface area contributed by atoms with E-state index in [1.807, 2.05) is 0 Å². The number of hydrogen-bond donors (Lipinski definition) is 8. The zero-order chi connectivity index (χ0) is 25.7. The number of benzene rings is 2. The molecule has 0 spiro atoms. The minimum absolute atomic E-state index is 0.00628. The fraction of sp³-hybridized carbons (Fsp3) is 0.182. The number of para-hydroxylation sites is 2. The van der Waals surface area contributed by atoms with Crippen molar-refractivity contribution in [3.63, 3.8) is 0 Å². The number of nitrogens with zero attached hydrogens (tertiary/aromatic N) is 4. The molecular formula is C22H22N8O6. The lowest BCUT2D eigenvalue weighted by molar-refractivity contribution is -0.0548. The van der Waals surface area contributed by atoms with Gasteiger partial charge in [-0.15, -0.1) is 0 Å². The minimum Gasteiger partial charge on any atom is -0.394 e. The minimum atomic E-state index is -1.83. The first-order valence-electron chi connectivity index (χ1n) is 10.6. The van der Waals surface area contributed by atoms with Gasteiger partial charge in [-0.2, -0.15) is 10.2 Å². The molecule has 0 radical (unpaired) electrons. The zero-order valence-corrected chi connectivity index (χ0v) is 18.5. The lowest BCUT2D eigenvalue weighted by Gasteiger charge is -2.21. The van der Waals surface area contributed by atoms with E-state index in [1.54, 1.807) is 48.5 Å².